The summed E-state index contributed by atoms with van der Waals surface area (Å²) in [6, 6.07) is 0. The van der Waals surface area contributed by atoms with E-state index in [2.05, 4.69) is 5.32 Å². The lowest BCUT2D eigenvalue weighted by Gasteiger charge is -2.25. The zero-order valence-electron chi connectivity index (χ0n) is 8.02. The molecule has 0 aromatic heterocycles. The first-order valence-electron chi connectivity index (χ1n) is 5.66. The molecule has 70 valence electrons. The summed E-state index contributed by atoms with van der Waals surface area (Å²) in [5, 5.41) is 3.56. The van der Waals surface area contributed by atoms with Gasteiger partial charge in [0.2, 0.25) is 0 Å². The maximum absolute atomic E-state index is 3.56. The lowest BCUT2D eigenvalue weighted by atomic mass is 9.83. The third-order valence-electron chi connectivity index (χ3n) is 3.38. The summed E-state index contributed by atoms with van der Waals surface area (Å²) in [5.74, 6) is 2.18. The van der Waals surface area contributed by atoms with Crippen LogP contribution in [0.5, 0.6) is 0 Å². The van der Waals surface area contributed by atoms with E-state index in [0.717, 1.165) is 11.8 Å². The molecular weight excluding hydrogens is 146 g/mol. The maximum Gasteiger partial charge on any atom is -0.00463 e. The van der Waals surface area contributed by atoms with Crippen LogP contribution in [0.2, 0.25) is 0 Å². The molecule has 2 aliphatic carbocycles. The van der Waals surface area contributed by atoms with Crippen molar-refractivity contribution >= 4 is 0 Å². The predicted molar refractivity (Wildman–Crippen MR) is 52.2 cm³/mol. The Morgan fingerprint density at radius 2 is 1.42 bits per heavy atom. The minimum Gasteiger partial charge on any atom is -0.317 e. The van der Waals surface area contributed by atoms with Gasteiger partial charge in [0.25, 0.3) is 0 Å². The fourth-order valence-corrected chi connectivity index (χ4v) is 1.93. The summed E-state index contributed by atoms with van der Waals surface area (Å²) in [6.07, 6.45) is 10.4. The molecule has 0 atom stereocenters. The summed E-state index contributed by atoms with van der Waals surface area (Å²) < 4.78 is 0. The Kier molecular flexibility index (Phi) is 3.04. The third kappa shape index (κ3) is 2.78. The summed E-state index contributed by atoms with van der Waals surface area (Å²) in [7, 11) is 0. The zero-order valence-corrected chi connectivity index (χ0v) is 8.02. The van der Waals surface area contributed by atoms with E-state index in [9.17, 15) is 0 Å². The summed E-state index contributed by atoms with van der Waals surface area (Å²) in [5.41, 5.74) is 0. The number of hydrogen-bond acceptors (Lipinski definition) is 1. The van der Waals surface area contributed by atoms with E-state index < -0.39 is 0 Å². The van der Waals surface area contributed by atoms with Crippen LogP contribution in [0, 0.1) is 11.8 Å². The normalized spacial score (nSPS) is 24.0. The van der Waals surface area contributed by atoms with Crippen LogP contribution in [0.1, 0.15) is 44.9 Å². The van der Waals surface area contributed by atoms with Gasteiger partial charge in [-0.25, -0.2) is 0 Å². The van der Waals surface area contributed by atoms with E-state index in [4.69, 9.17) is 0 Å². The van der Waals surface area contributed by atoms with Gasteiger partial charge in [0.15, 0.2) is 0 Å². The highest BCUT2D eigenvalue weighted by molar-refractivity contribution is 4.74. The van der Waals surface area contributed by atoms with Crippen molar-refractivity contribution in [3.05, 3.63) is 0 Å². The van der Waals surface area contributed by atoms with Crippen LogP contribution in [0.15, 0.2) is 0 Å². The Balaban J connectivity index is 1.35. The number of hydrogen-bond donors (Lipinski definition) is 1. The fraction of sp³-hybridized carbons (Fsp3) is 1.00. The van der Waals surface area contributed by atoms with Crippen LogP contribution in [0.25, 0.3) is 0 Å². The molecule has 2 aliphatic rings. The SMILES string of the molecule is C1CC(CCNCCC2CC2)C1. The molecule has 1 heteroatoms. The molecular formula is C11H21N. The van der Waals surface area contributed by atoms with Crippen molar-refractivity contribution in [3.8, 4) is 0 Å². The Hall–Kier alpha value is -0.0400. The second-order valence-corrected chi connectivity index (χ2v) is 4.57. The third-order valence-corrected chi connectivity index (χ3v) is 3.38. The van der Waals surface area contributed by atoms with E-state index in [1.54, 1.807) is 0 Å². The monoisotopic (exact) mass is 167 g/mol. The Bertz CT molecular complexity index is 125. The average molecular weight is 167 g/mol. The maximum atomic E-state index is 3.56. The first-order valence-corrected chi connectivity index (χ1v) is 5.66. The van der Waals surface area contributed by atoms with Crippen molar-refractivity contribution in [2.45, 2.75) is 44.9 Å². The first kappa shape index (κ1) is 8.55. The van der Waals surface area contributed by atoms with E-state index in [-0.39, 0.29) is 0 Å². The molecule has 0 aromatic rings. The molecule has 0 spiro atoms. The Morgan fingerprint density at radius 1 is 0.833 bits per heavy atom. The van der Waals surface area contributed by atoms with Crippen LogP contribution in [-0.4, -0.2) is 13.1 Å². The van der Waals surface area contributed by atoms with E-state index in [1.165, 1.54) is 58.0 Å². The van der Waals surface area contributed by atoms with Gasteiger partial charge in [-0.3, -0.25) is 0 Å². The molecule has 2 saturated carbocycles. The smallest absolute Gasteiger partial charge is 0.00463 e. The molecule has 1 nitrogen and oxygen atoms in total. The number of rotatable bonds is 6. The van der Waals surface area contributed by atoms with Crippen LogP contribution in [0.3, 0.4) is 0 Å². The summed E-state index contributed by atoms with van der Waals surface area (Å²) >= 11 is 0. The molecule has 0 amide bonds. The van der Waals surface area contributed by atoms with Crippen molar-refractivity contribution < 1.29 is 0 Å². The van der Waals surface area contributed by atoms with Crippen LogP contribution >= 0.6 is 0 Å². The highest BCUT2D eigenvalue weighted by Crippen LogP contribution is 2.32. The van der Waals surface area contributed by atoms with Gasteiger partial charge in [0, 0.05) is 0 Å². The minimum atomic E-state index is 1.08. The largest absolute Gasteiger partial charge is 0.317 e. The van der Waals surface area contributed by atoms with Gasteiger partial charge in [-0.2, -0.15) is 0 Å². The highest BCUT2D eigenvalue weighted by Gasteiger charge is 2.20. The second-order valence-electron chi connectivity index (χ2n) is 4.57. The summed E-state index contributed by atoms with van der Waals surface area (Å²) in [6.45, 7) is 2.55. The van der Waals surface area contributed by atoms with E-state index in [1.807, 2.05) is 0 Å². The molecule has 2 rings (SSSR count). The van der Waals surface area contributed by atoms with Gasteiger partial charge in [0.05, 0.1) is 0 Å². The van der Waals surface area contributed by atoms with Crippen LogP contribution in [-0.2, 0) is 0 Å². The van der Waals surface area contributed by atoms with E-state index >= 15 is 0 Å². The fourth-order valence-electron chi connectivity index (χ4n) is 1.93. The van der Waals surface area contributed by atoms with Crippen LogP contribution < -0.4 is 5.32 Å². The molecule has 0 bridgehead atoms. The molecule has 0 unspecified atom stereocenters. The van der Waals surface area contributed by atoms with Crippen molar-refractivity contribution in [2.24, 2.45) is 11.8 Å². The van der Waals surface area contributed by atoms with Crippen molar-refractivity contribution in [3.63, 3.8) is 0 Å². The minimum absolute atomic E-state index is 1.08. The molecule has 0 heterocycles. The highest BCUT2D eigenvalue weighted by atomic mass is 14.8. The van der Waals surface area contributed by atoms with Gasteiger partial charge < -0.3 is 5.32 Å². The van der Waals surface area contributed by atoms with Gasteiger partial charge in [-0.1, -0.05) is 32.1 Å². The predicted octanol–water partition coefficient (Wildman–Crippen LogP) is 2.57. The van der Waals surface area contributed by atoms with Gasteiger partial charge in [0.1, 0.15) is 0 Å². The van der Waals surface area contributed by atoms with Crippen molar-refractivity contribution in [1.29, 1.82) is 0 Å². The summed E-state index contributed by atoms with van der Waals surface area (Å²) in [4.78, 5) is 0. The standard InChI is InChI=1S/C11H21N/c1-2-10(3-1)6-8-12-9-7-11-4-5-11/h10-12H,1-9H2. The molecule has 12 heavy (non-hydrogen) atoms. The zero-order chi connectivity index (χ0) is 8.23. The molecule has 0 aliphatic heterocycles. The Morgan fingerprint density at radius 3 is 1.83 bits per heavy atom. The second kappa shape index (κ2) is 4.27. The molecule has 1 N–H and O–H groups in total. The van der Waals surface area contributed by atoms with E-state index in [0.29, 0.717) is 0 Å². The quantitative estimate of drug-likeness (QED) is 0.599. The topological polar surface area (TPSA) is 12.0 Å². The molecule has 0 aromatic carbocycles. The van der Waals surface area contributed by atoms with Gasteiger partial charge in [-0.05, 0) is 37.8 Å². The lowest BCUT2D eigenvalue weighted by molar-refractivity contribution is 0.292. The van der Waals surface area contributed by atoms with Crippen LogP contribution in [0.4, 0.5) is 0 Å². The average Bonchev–Trinajstić information content (AvgIpc) is 2.76. The Labute approximate surface area is 75.9 Å². The molecule has 0 saturated heterocycles. The van der Waals surface area contributed by atoms with Crippen molar-refractivity contribution in [1.82, 2.24) is 5.32 Å². The molecule has 0 radical (unpaired) electrons. The van der Waals surface area contributed by atoms with Gasteiger partial charge >= 0.3 is 0 Å². The number of nitrogens with one attached hydrogen (secondary N) is 1. The van der Waals surface area contributed by atoms with Crippen molar-refractivity contribution in [2.75, 3.05) is 13.1 Å². The first-order chi connectivity index (χ1) is 5.95. The molecule has 2 fully saturated rings. The lowest BCUT2D eigenvalue weighted by Crippen LogP contribution is -2.22. The van der Waals surface area contributed by atoms with Gasteiger partial charge in [-0.15, -0.1) is 0 Å².